The number of aromatic amines is 1. The number of hydrogen-bond donors (Lipinski definition) is 3. The second-order valence-electron chi connectivity index (χ2n) is 9.18. The highest BCUT2D eigenvalue weighted by molar-refractivity contribution is 7.90. The van der Waals surface area contributed by atoms with Gasteiger partial charge < -0.3 is 20.9 Å². The highest BCUT2D eigenvalue weighted by Crippen LogP contribution is 2.32. The predicted molar refractivity (Wildman–Crippen MR) is 145 cm³/mol. The van der Waals surface area contributed by atoms with Crippen molar-refractivity contribution in [1.29, 1.82) is 0 Å². The lowest BCUT2D eigenvalue weighted by molar-refractivity contribution is 0.0741. The molecule has 0 spiro atoms. The van der Waals surface area contributed by atoms with Crippen molar-refractivity contribution in [2.45, 2.75) is 31.5 Å². The van der Waals surface area contributed by atoms with E-state index in [0.29, 0.717) is 45.2 Å². The maximum absolute atomic E-state index is 13.1. The van der Waals surface area contributed by atoms with Crippen molar-refractivity contribution in [2.75, 3.05) is 23.9 Å². The fourth-order valence-electron chi connectivity index (χ4n) is 4.50. The van der Waals surface area contributed by atoms with Gasteiger partial charge in [-0.25, -0.2) is 23.4 Å². The second kappa shape index (κ2) is 10.1. The van der Waals surface area contributed by atoms with Crippen LogP contribution in [0.2, 0.25) is 10.0 Å². The van der Waals surface area contributed by atoms with E-state index in [1.807, 2.05) is 0 Å². The Morgan fingerprint density at radius 1 is 1.24 bits per heavy atom. The number of likely N-dealkylation sites (tertiary alicyclic amines) is 1. The zero-order valence-corrected chi connectivity index (χ0v) is 22.2. The number of benzene rings is 2. The lowest BCUT2D eigenvalue weighted by Gasteiger charge is -2.22. The molecule has 2 atom stereocenters. The fourth-order valence-corrected chi connectivity index (χ4v) is 5.58. The molecule has 1 fully saturated rings. The number of H-pyrrole nitrogens is 1. The number of anilines is 1. The third kappa shape index (κ3) is 5.49. The Balaban J connectivity index is 1.51. The summed E-state index contributed by atoms with van der Waals surface area (Å²) in [5.41, 5.74) is 8.33. The smallest absolute Gasteiger partial charge is 0.256 e. The fraction of sp³-hybridized carbons (Fsp3) is 0.333. The van der Waals surface area contributed by atoms with Crippen LogP contribution in [-0.2, 0) is 9.84 Å². The molecular weight excluding hydrogens is 537 g/mol. The summed E-state index contributed by atoms with van der Waals surface area (Å²) < 4.78 is 23.9. The Morgan fingerprint density at radius 2 is 2.05 bits per heavy atom. The molecule has 1 saturated heterocycles. The highest BCUT2D eigenvalue weighted by Gasteiger charge is 2.28. The summed E-state index contributed by atoms with van der Waals surface area (Å²) in [6.45, 7) is 0.579. The Bertz CT molecular complexity index is 1610. The van der Waals surface area contributed by atoms with Crippen molar-refractivity contribution in [1.82, 2.24) is 24.8 Å². The average molecular weight is 562 g/mol. The first kappa shape index (κ1) is 25.7. The lowest BCUT2D eigenvalue weighted by Crippen LogP contribution is -2.41. The summed E-state index contributed by atoms with van der Waals surface area (Å²) >= 11 is 12.7. The number of sulfone groups is 1. The van der Waals surface area contributed by atoms with Crippen molar-refractivity contribution in [3.63, 3.8) is 0 Å². The summed E-state index contributed by atoms with van der Waals surface area (Å²) in [6, 6.07) is 8.02. The molecule has 1 aliphatic rings. The van der Waals surface area contributed by atoms with Gasteiger partial charge in [-0.2, -0.15) is 0 Å². The number of fused-ring (bicyclic) bond motifs is 2. The zero-order chi connectivity index (χ0) is 26.3. The van der Waals surface area contributed by atoms with Crippen LogP contribution in [0.15, 0.2) is 36.7 Å². The maximum Gasteiger partial charge on any atom is 0.256 e. The van der Waals surface area contributed by atoms with E-state index in [-0.39, 0.29) is 29.3 Å². The molecule has 2 aromatic heterocycles. The number of imidazole rings is 1. The van der Waals surface area contributed by atoms with Crippen LogP contribution in [0.1, 0.15) is 41.5 Å². The molecule has 194 valence electrons. The lowest BCUT2D eigenvalue weighted by atomic mass is 10.1. The molecule has 2 aromatic carbocycles. The monoisotopic (exact) mass is 561 g/mol. The molecule has 4 N–H and O–H groups in total. The van der Waals surface area contributed by atoms with Crippen molar-refractivity contribution in [3.05, 3.63) is 58.1 Å². The molecule has 0 saturated carbocycles. The summed E-state index contributed by atoms with van der Waals surface area (Å²) in [6.07, 6.45) is 4.05. The van der Waals surface area contributed by atoms with Gasteiger partial charge in [0, 0.05) is 23.2 Å². The molecule has 1 amide bonds. The van der Waals surface area contributed by atoms with E-state index in [0.717, 1.165) is 18.4 Å². The van der Waals surface area contributed by atoms with Crippen LogP contribution in [0.25, 0.3) is 21.9 Å². The third-order valence-electron chi connectivity index (χ3n) is 6.40. The van der Waals surface area contributed by atoms with Gasteiger partial charge in [0.25, 0.3) is 5.91 Å². The van der Waals surface area contributed by atoms with Crippen molar-refractivity contribution in [2.24, 2.45) is 5.73 Å². The van der Waals surface area contributed by atoms with Gasteiger partial charge in [-0.1, -0.05) is 23.2 Å². The van der Waals surface area contributed by atoms with E-state index in [1.54, 1.807) is 35.2 Å². The number of nitrogens with two attached hydrogens (primary N) is 1. The second-order valence-corrected chi connectivity index (χ2v) is 12.3. The molecular formula is C24H25Cl2N7O3S. The van der Waals surface area contributed by atoms with Gasteiger partial charge in [-0.05, 0) is 49.6 Å². The Labute approximate surface area is 223 Å². The minimum Gasteiger partial charge on any atom is -0.359 e. The van der Waals surface area contributed by atoms with E-state index in [9.17, 15) is 13.2 Å². The largest absolute Gasteiger partial charge is 0.359 e. The van der Waals surface area contributed by atoms with E-state index in [4.69, 9.17) is 28.9 Å². The zero-order valence-electron chi connectivity index (χ0n) is 19.9. The highest BCUT2D eigenvalue weighted by atomic mass is 35.5. The molecule has 10 nitrogen and oxygen atoms in total. The van der Waals surface area contributed by atoms with Crippen LogP contribution in [0.4, 0.5) is 5.82 Å². The average Bonchev–Trinajstić information content (AvgIpc) is 3.46. The van der Waals surface area contributed by atoms with Crippen molar-refractivity contribution < 1.29 is 13.2 Å². The minimum absolute atomic E-state index is 0.0685. The molecule has 13 heteroatoms. The van der Waals surface area contributed by atoms with Crippen LogP contribution in [0.5, 0.6) is 0 Å². The van der Waals surface area contributed by atoms with E-state index in [1.165, 1.54) is 12.6 Å². The van der Waals surface area contributed by atoms with Gasteiger partial charge in [0.2, 0.25) is 0 Å². The topological polar surface area (TPSA) is 147 Å². The molecule has 37 heavy (non-hydrogen) atoms. The van der Waals surface area contributed by atoms with Gasteiger partial charge in [0.1, 0.15) is 27.8 Å². The van der Waals surface area contributed by atoms with Crippen molar-refractivity contribution >= 4 is 66.7 Å². The van der Waals surface area contributed by atoms with Crippen LogP contribution < -0.4 is 11.1 Å². The molecule has 3 heterocycles. The predicted octanol–water partition coefficient (Wildman–Crippen LogP) is 3.92. The number of rotatable bonds is 7. The van der Waals surface area contributed by atoms with E-state index < -0.39 is 15.9 Å². The maximum atomic E-state index is 13.1. The number of nitrogens with zero attached hydrogens (tertiary/aromatic N) is 4. The first-order valence-corrected chi connectivity index (χ1v) is 14.5. The molecule has 0 radical (unpaired) electrons. The van der Waals surface area contributed by atoms with E-state index >= 15 is 0 Å². The summed E-state index contributed by atoms with van der Waals surface area (Å²) in [5, 5.41) is 4.70. The van der Waals surface area contributed by atoms with Gasteiger partial charge >= 0.3 is 0 Å². The molecule has 0 aliphatic carbocycles. The van der Waals surface area contributed by atoms with Gasteiger partial charge in [-0.3, -0.25) is 4.79 Å². The number of nitrogens with one attached hydrogen (secondary N) is 2. The van der Waals surface area contributed by atoms with Gasteiger partial charge in [0.15, 0.2) is 0 Å². The van der Waals surface area contributed by atoms with Gasteiger partial charge in [0.05, 0.1) is 45.1 Å². The first-order chi connectivity index (χ1) is 17.6. The summed E-state index contributed by atoms with van der Waals surface area (Å²) in [5.74, 6) is 0.660. The summed E-state index contributed by atoms with van der Waals surface area (Å²) in [7, 11) is -3.24. The first-order valence-electron chi connectivity index (χ1n) is 11.7. The number of carbonyl (C=O) groups is 1. The van der Waals surface area contributed by atoms with Crippen LogP contribution >= 0.6 is 23.2 Å². The van der Waals surface area contributed by atoms with Crippen molar-refractivity contribution in [3.8, 4) is 0 Å². The van der Waals surface area contributed by atoms with Crippen LogP contribution in [0.3, 0.4) is 0 Å². The van der Waals surface area contributed by atoms with Crippen LogP contribution in [0, 0.1) is 0 Å². The molecule has 4 aromatic rings. The van der Waals surface area contributed by atoms with E-state index in [2.05, 4.69) is 25.3 Å². The normalized spacial score (nSPS) is 17.0. The quantitative estimate of drug-likeness (QED) is 0.307. The Kier molecular flexibility index (Phi) is 6.97. The standard InChI is InChI=1S/C24H25Cl2N7O3S/c1-37(35,36)8-6-18(23-30-17-5-4-13(25)9-20(17)32-23)31-22-15-10-16(26)14(11-19(15)28-12-29-22)24(34)33-7-2-3-21(33)27/h4-5,9-12,18,21H,2-3,6-8,27H2,1H3,(H,30,32)(H,28,29,31)/t18-,21?/m0/s1. The number of halogens is 2. The van der Waals surface area contributed by atoms with Crippen LogP contribution in [-0.4, -0.2) is 63.9 Å². The molecule has 1 unspecified atom stereocenters. The minimum atomic E-state index is -3.24. The number of amides is 1. The number of aromatic nitrogens is 4. The van der Waals surface area contributed by atoms with Gasteiger partial charge in [-0.15, -0.1) is 0 Å². The molecule has 1 aliphatic heterocycles. The SMILES string of the molecule is CS(=O)(=O)CC[C@H](Nc1ncnc2cc(C(=O)N3CCCC3N)c(Cl)cc12)c1nc2ccc(Cl)cc2[nH]1. The number of carbonyl (C=O) groups excluding carboxylic acids is 1. The Morgan fingerprint density at radius 3 is 2.78 bits per heavy atom. The Hall–Kier alpha value is -2.99. The molecule has 0 bridgehead atoms. The molecule has 5 rings (SSSR count). The number of hydrogen-bond acceptors (Lipinski definition) is 8. The third-order valence-corrected chi connectivity index (χ3v) is 7.92. The summed E-state index contributed by atoms with van der Waals surface area (Å²) in [4.78, 5) is 31.3.